The molecule has 1 aromatic carbocycles. The van der Waals surface area contributed by atoms with E-state index in [4.69, 9.17) is 22.1 Å². The molecule has 1 aromatic heterocycles. The molecule has 0 unspecified atom stereocenters. The fourth-order valence-electron chi connectivity index (χ4n) is 1.51. The number of hydrogen-bond acceptors (Lipinski definition) is 5. The van der Waals surface area contributed by atoms with Gasteiger partial charge in [-0.2, -0.15) is 4.98 Å². The molecule has 106 valence electrons. The monoisotopic (exact) mass is 404 g/mol. The van der Waals surface area contributed by atoms with Crippen molar-refractivity contribution < 1.29 is 4.74 Å². The summed E-state index contributed by atoms with van der Waals surface area (Å²) in [4.78, 5) is 8.14. The van der Waals surface area contributed by atoms with Crippen LogP contribution in [0.25, 0.3) is 0 Å². The van der Waals surface area contributed by atoms with Crippen LogP contribution in [-0.2, 0) is 0 Å². The number of nitrogens with two attached hydrogens (primary N) is 1. The molecule has 0 spiro atoms. The first-order valence-corrected chi connectivity index (χ1v) is 7.42. The number of nitrogen functional groups attached to an aromatic ring is 1. The van der Waals surface area contributed by atoms with Crippen molar-refractivity contribution in [3.8, 4) is 5.88 Å². The number of nitrogens with zero attached hydrogens (tertiary/aromatic N) is 2. The predicted octanol–water partition coefficient (Wildman–Crippen LogP) is 3.85. The second-order valence-corrected chi connectivity index (χ2v) is 6.01. The van der Waals surface area contributed by atoms with Crippen LogP contribution in [0.4, 0.5) is 17.2 Å². The lowest BCUT2D eigenvalue weighted by Crippen LogP contribution is -2.10. The van der Waals surface area contributed by atoms with Crippen molar-refractivity contribution >= 4 is 51.4 Å². The lowest BCUT2D eigenvalue weighted by atomic mass is 10.3. The van der Waals surface area contributed by atoms with Crippen molar-refractivity contribution in [2.75, 3.05) is 11.1 Å². The van der Waals surface area contributed by atoms with Crippen molar-refractivity contribution in [2.45, 2.75) is 20.0 Å². The number of ether oxygens (including phenoxy) is 1. The van der Waals surface area contributed by atoms with E-state index < -0.39 is 0 Å². The van der Waals surface area contributed by atoms with E-state index in [1.807, 2.05) is 32.0 Å². The fraction of sp³-hybridized carbons (Fsp3) is 0.231. The van der Waals surface area contributed by atoms with Crippen molar-refractivity contribution in [2.24, 2.45) is 0 Å². The lowest BCUT2D eigenvalue weighted by Gasteiger charge is -2.14. The molecule has 1 heterocycles. The van der Waals surface area contributed by atoms with Gasteiger partial charge in [-0.25, -0.2) is 4.98 Å². The van der Waals surface area contributed by atoms with E-state index in [1.54, 1.807) is 0 Å². The Hall–Kier alpha value is -1.28. The first-order chi connectivity index (χ1) is 9.47. The van der Waals surface area contributed by atoms with Crippen LogP contribution in [0.2, 0.25) is 5.02 Å². The van der Waals surface area contributed by atoms with Crippen LogP contribution in [-0.4, -0.2) is 16.1 Å². The van der Waals surface area contributed by atoms with Gasteiger partial charge in [-0.3, -0.25) is 0 Å². The summed E-state index contributed by atoms with van der Waals surface area (Å²) in [5, 5.41) is 3.69. The number of anilines is 3. The van der Waals surface area contributed by atoms with E-state index in [1.165, 1.54) is 6.33 Å². The lowest BCUT2D eigenvalue weighted by molar-refractivity contribution is 0.234. The maximum absolute atomic E-state index is 6.17. The number of rotatable bonds is 4. The Morgan fingerprint density at radius 1 is 1.35 bits per heavy atom. The van der Waals surface area contributed by atoms with Crippen molar-refractivity contribution in [1.29, 1.82) is 0 Å². The molecule has 0 amide bonds. The second kappa shape index (κ2) is 6.45. The molecule has 0 fully saturated rings. The van der Waals surface area contributed by atoms with Crippen LogP contribution in [0, 0.1) is 3.57 Å². The number of nitrogens with one attached hydrogen (secondary N) is 1. The SMILES string of the molecule is CC(C)Oc1ncnc(Nc2ccc(I)cc2Cl)c1N. The summed E-state index contributed by atoms with van der Waals surface area (Å²) in [6.45, 7) is 3.81. The minimum Gasteiger partial charge on any atom is -0.473 e. The van der Waals surface area contributed by atoms with Gasteiger partial charge in [0.05, 0.1) is 16.8 Å². The van der Waals surface area contributed by atoms with E-state index >= 15 is 0 Å². The summed E-state index contributed by atoms with van der Waals surface area (Å²) in [6.07, 6.45) is 1.39. The quantitative estimate of drug-likeness (QED) is 0.757. The van der Waals surface area contributed by atoms with Gasteiger partial charge in [-0.1, -0.05) is 11.6 Å². The van der Waals surface area contributed by atoms with Gasteiger partial charge in [0, 0.05) is 3.57 Å². The number of hydrogen-bond donors (Lipinski definition) is 2. The second-order valence-electron chi connectivity index (χ2n) is 4.36. The molecule has 20 heavy (non-hydrogen) atoms. The van der Waals surface area contributed by atoms with Crippen molar-refractivity contribution in [1.82, 2.24) is 9.97 Å². The molecule has 2 rings (SSSR count). The van der Waals surface area contributed by atoms with Gasteiger partial charge in [0.25, 0.3) is 0 Å². The van der Waals surface area contributed by atoms with Crippen molar-refractivity contribution in [3.05, 3.63) is 33.1 Å². The zero-order valence-corrected chi connectivity index (χ0v) is 13.9. The zero-order chi connectivity index (χ0) is 14.7. The maximum Gasteiger partial charge on any atom is 0.242 e. The van der Waals surface area contributed by atoms with Gasteiger partial charge in [0.15, 0.2) is 5.82 Å². The van der Waals surface area contributed by atoms with Gasteiger partial charge in [-0.05, 0) is 54.6 Å². The van der Waals surface area contributed by atoms with Crippen LogP contribution in [0.5, 0.6) is 5.88 Å². The van der Waals surface area contributed by atoms with Crippen molar-refractivity contribution in [3.63, 3.8) is 0 Å². The number of halogens is 2. The van der Waals surface area contributed by atoms with E-state index in [-0.39, 0.29) is 6.10 Å². The summed E-state index contributed by atoms with van der Waals surface area (Å²) in [5.74, 6) is 0.831. The summed E-state index contributed by atoms with van der Waals surface area (Å²) in [7, 11) is 0. The van der Waals surface area contributed by atoms with Gasteiger partial charge in [-0.15, -0.1) is 0 Å². The fourth-order valence-corrected chi connectivity index (χ4v) is 2.42. The Morgan fingerprint density at radius 3 is 2.75 bits per heavy atom. The first kappa shape index (κ1) is 15.1. The number of benzene rings is 1. The molecule has 5 nitrogen and oxygen atoms in total. The van der Waals surface area contributed by atoms with E-state index in [9.17, 15) is 0 Å². The van der Waals surface area contributed by atoms with Gasteiger partial charge in [0.1, 0.15) is 12.0 Å². The van der Waals surface area contributed by atoms with E-state index in [2.05, 4.69) is 37.9 Å². The molecule has 0 aliphatic carbocycles. The van der Waals surface area contributed by atoms with Crippen LogP contribution >= 0.6 is 34.2 Å². The molecule has 0 aliphatic rings. The highest BCUT2D eigenvalue weighted by Crippen LogP contribution is 2.31. The highest BCUT2D eigenvalue weighted by Gasteiger charge is 2.12. The van der Waals surface area contributed by atoms with Crippen LogP contribution in [0.1, 0.15) is 13.8 Å². The molecule has 0 bridgehead atoms. The van der Waals surface area contributed by atoms with Crippen LogP contribution < -0.4 is 15.8 Å². The molecular formula is C13H14ClIN4O. The van der Waals surface area contributed by atoms with Gasteiger partial charge < -0.3 is 15.8 Å². The average molecular weight is 405 g/mol. The third-order valence-corrected chi connectivity index (χ3v) is 3.36. The van der Waals surface area contributed by atoms with Crippen LogP contribution in [0.15, 0.2) is 24.5 Å². The molecule has 0 saturated carbocycles. The van der Waals surface area contributed by atoms with Gasteiger partial charge in [0.2, 0.25) is 5.88 Å². The Bertz CT molecular complexity index is 621. The average Bonchev–Trinajstić information content (AvgIpc) is 2.36. The highest BCUT2D eigenvalue weighted by atomic mass is 127. The first-order valence-electron chi connectivity index (χ1n) is 5.96. The third-order valence-electron chi connectivity index (χ3n) is 2.38. The zero-order valence-electron chi connectivity index (χ0n) is 11.0. The molecule has 0 radical (unpaired) electrons. The van der Waals surface area contributed by atoms with Crippen LogP contribution in [0.3, 0.4) is 0 Å². The molecular weight excluding hydrogens is 391 g/mol. The standard InChI is InChI=1S/C13H14ClIN4O/c1-7(2)20-13-11(16)12(17-6-18-13)19-10-4-3-8(15)5-9(10)14/h3-7H,16H2,1-2H3,(H,17,18,19). The summed E-state index contributed by atoms with van der Waals surface area (Å²) in [6, 6.07) is 5.67. The Kier molecular flexibility index (Phi) is 4.87. The summed E-state index contributed by atoms with van der Waals surface area (Å²) in [5.41, 5.74) is 7.09. The maximum atomic E-state index is 6.17. The smallest absolute Gasteiger partial charge is 0.242 e. The molecule has 0 saturated heterocycles. The third kappa shape index (κ3) is 3.63. The summed E-state index contributed by atoms with van der Waals surface area (Å²) >= 11 is 8.37. The molecule has 0 aliphatic heterocycles. The van der Waals surface area contributed by atoms with E-state index in [0.717, 1.165) is 9.26 Å². The predicted molar refractivity (Wildman–Crippen MR) is 89.7 cm³/mol. The normalized spacial score (nSPS) is 10.7. The van der Waals surface area contributed by atoms with E-state index in [0.29, 0.717) is 22.4 Å². The Labute approximate surface area is 136 Å². The Morgan fingerprint density at radius 2 is 2.10 bits per heavy atom. The highest BCUT2D eigenvalue weighted by molar-refractivity contribution is 14.1. The molecule has 3 N–H and O–H groups in total. The summed E-state index contributed by atoms with van der Waals surface area (Å²) < 4.78 is 6.58. The Balaban J connectivity index is 2.29. The molecule has 7 heteroatoms. The van der Waals surface area contributed by atoms with Gasteiger partial charge >= 0.3 is 0 Å². The molecule has 0 atom stereocenters. The minimum absolute atomic E-state index is 0.0121. The largest absolute Gasteiger partial charge is 0.473 e. The minimum atomic E-state index is -0.0121. The topological polar surface area (TPSA) is 73.1 Å². The number of aromatic nitrogens is 2. The molecule has 2 aromatic rings.